The number of hydrogen-bond acceptors (Lipinski definition) is 5. The summed E-state index contributed by atoms with van der Waals surface area (Å²) in [4.78, 5) is 0. The van der Waals surface area contributed by atoms with Crippen molar-refractivity contribution >= 4 is 18.2 Å². The first-order valence-corrected chi connectivity index (χ1v) is 20.6. The van der Waals surface area contributed by atoms with E-state index in [2.05, 4.69) is 47.7 Å². The van der Waals surface area contributed by atoms with Crippen LogP contribution in [-0.4, -0.2) is 55.5 Å². The van der Waals surface area contributed by atoms with Crippen LogP contribution in [0.4, 0.5) is 4.39 Å². The van der Waals surface area contributed by atoms with Gasteiger partial charge in [0.05, 0.1) is 17.8 Å². The first-order valence-electron chi connectivity index (χ1n) is 16.1. The van der Waals surface area contributed by atoms with Crippen molar-refractivity contribution < 1.29 is 27.4 Å². The number of rotatable bonds is 8. The fourth-order valence-electron chi connectivity index (χ4n) is 8.46. The van der Waals surface area contributed by atoms with Gasteiger partial charge in [-0.1, -0.05) is 59.1 Å². The number of sulfone groups is 1. The maximum Gasteiger partial charge on any atom is 0.225 e. The number of aliphatic hydroxyl groups is 2. The van der Waals surface area contributed by atoms with E-state index in [1.54, 1.807) is 0 Å². The Hall–Kier alpha value is -0.543. The molecule has 8 heteroatoms. The molecule has 0 amide bonds. The fourth-order valence-corrected chi connectivity index (χ4v) is 11.7. The van der Waals surface area contributed by atoms with Crippen molar-refractivity contribution in [3.05, 3.63) is 22.8 Å². The van der Waals surface area contributed by atoms with Crippen molar-refractivity contribution in [3.63, 3.8) is 0 Å². The van der Waals surface area contributed by atoms with E-state index in [4.69, 9.17) is 4.43 Å². The van der Waals surface area contributed by atoms with Gasteiger partial charge in [-0.05, 0) is 106 Å². The maximum atomic E-state index is 15.6. The van der Waals surface area contributed by atoms with Crippen LogP contribution in [0.1, 0.15) is 113 Å². The zero-order valence-corrected chi connectivity index (χ0v) is 28.9. The highest BCUT2D eigenvalue weighted by Gasteiger charge is 2.55. The molecule has 0 aromatic heterocycles. The average molecular weight is 613 g/mol. The number of hydrogen-bond donors (Lipinski definition) is 2. The molecular formula is C33H57FO5SSi. The minimum absolute atomic E-state index is 0.0185. The van der Waals surface area contributed by atoms with Gasteiger partial charge >= 0.3 is 0 Å². The SMILES string of the molecule is C[C@H](CCCC(C)(C)O)[C@H]1CC[C@H]2/C(=C/[C@@H]3C4=C([C@@H](F)S3(=O)=O)[C@@H](O)C[C@H](O[Si](C)(C)C(C)(C)C)C4)CCC[C@]12C. The summed E-state index contributed by atoms with van der Waals surface area (Å²) in [5.41, 5.74) is -0.850. The molecule has 4 aliphatic rings. The van der Waals surface area contributed by atoms with Gasteiger partial charge in [0.15, 0.2) is 18.2 Å². The van der Waals surface area contributed by atoms with E-state index in [1.807, 2.05) is 19.9 Å². The molecule has 8 atom stereocenters. The molecule has 0 spiro atoms. The summed E-state index contributed by atoms with van der Waals surface area (Å²) < 4.78 is 49.3. The van der Waals surface area contributed by atoms with Crippen LogP contribution in [0.15, 0.2) is 22.8 Å². The van der Waals surface area contributed by atoms with E-state index >= 15 is 4.39 Å². The molecule has 0 unspecified atom stereocenters. The molecule has 0 aromatic rings. The number of halogens is 1. The van der Waals surface area contributed by atoms with E-state index in [0.29, 0.717) is 29.7 Å². The molecule has 2 N–H and O–H groups in total. The average Bonchev–Trinajstić information content (AvgIpc) is 3.25. The van der Waals surface area contributed by atoms with Crippen LogP contribution in [0.2, 0.25) is 18.1 Å². The molecule has 1 heterocycles. The molecule has 41 heavy (non-hydrogen) atoms. The Morgan fingerprint density at radius 3 is 2.46 bits per heavy atom. The maximum absolute atomic E-state index is 15.6. The minimum Gasteiger partial charge on any atom is -0.414 e. The van der Waals surface area contributed by atoms with Crippen LogP contribution in [0, 0.1) is 23.2 Å². The van der Waals surface area contributed by atoms with Crippen molar-refractivity contribution in [2.45, 2.75) is 159 Å². The monoisotopic (exact) mass is 612 g/mol. The fraction of sp³-hybridized carbons (Fsp3) is 0.879. The number of allylic oxidation sites excluding steroid dienone is 1. The standard InChI is InChI=1S/C33H57FO5SSi/c1-21(12-10-16-32(5,6)36)25-14-15-26-22(13-11-17-33(25,26)7)18-28-24-19-23(39-41(8,9)31(2,3)4)20-27(35)29(24)30(34)40(28,37)38/h18,21,23,25-28,30,35-36H,10-17,19-20H2,1-9H3/b22-18+/t21-,23-,25-,26+,27+,28-,30+,33-/m1/s1. The normalized spacial score (nSPS) is 37.8. The quantitative estimate of drug-likeness (QED) is 0.217. The van der Waals surface area contributed by atoms with Gasteiger partial charge in [-0.25, -0.2) is 12.8 Å². The first kappa shape index (κ1) is 33.4. The van der Waals surface area contributed by atoms with Crippen molar-refractivity contribution in [1.82, 2.24) is 0 Å². The minimum atomic E-state index is -4.13. The smallest absolute Gasteiger partial charge is 0.225 e. The molecule has 0 bridgehead atoms. The second kappa shape index (κ2) is 11.4. The number of aliphatic hydroxyl groups excluding tert-OH is 1. The lowest BCUT2D eigenvalue weighted by Crippen LogP contribution is -2.46. The van der Waals surface area contributed by atoms with Crippen LogP contribution in [0.3, 0.4) is 0 Å². The van der Waals surface area contributed by atoms with Crippen LogP contribution >= 0.6 is 0 Å². The van der Waals surface area contributed by atoms with E-state index < -0.39 is 40.6 Å². The lowest BCUT2D eigenvalue weighted by atomic mass is 9.60. The van der Waals surface area contributed by atoms with Crippen molar-refractivity contribution in [2.75, 3.05) is 0 Å². The van der Waals surface area contributed by atoms with Gasteiger partial charge in [-0.2, -0.15) is 0 Å². The molecular weight excluding hydrogens is 556 g/mol. The summed E-state index contributed by atoms with van der Waals surface area (Å²) in [5, 5.41) is 20.2. The summed E-state index contributed by atoms with van der Waals surface area (Å²) >= 11 is 0. The van der Waals surface area contributed by atoms with Crippen molar-refractivity contribution in [1.29, 1.82) is 0 Å². The molecule has 236 valence electrons. The Morgan fingerprint density at radius 1 is 1.20 bits per heavy atom. The third-order valence-electron chi connectivity index (χ3n) is 11.7. The molecule has 0 saturated heterocycles. The summed E-state index contributed by atoms with van der Waals surface area (Å²) in [5.74, 6) is 1.40. The van der Waals surface area contributed by atoms with E-state index in [1.165, 1.54) is 5.57 Å². The Morgan fingerprint density at radius 2 is 1.85 bits per heavy atom. The predicted octanol–water partition coefficient (Wildman–Crippen LogP) is 7.64. The molecule has 3 aliphatic carbocycles. The van der Waals surface area contributed by atoms with Gasteiger partial charge in [0.2, 0.25) is 5.50 Å². The van der Waals surface area contributed by atoms with Gasteiger partial charge in [-0.3, -0.25) is 0 Å². The molecule has 1 aliphatic heterocycles. The number of alkyl halides is 1. The number of fused-ring (bicyclic) bond motifs is 1. The molecule has 2 fully saturated rings. The third kappa shape index (κ3) is 6.48. The van der Waals surface area contributed by atoms with Crippen LogP contribution in [0.5, 0.6) is 0 Å². The highest BCUT2D eigenvalue weighted by atomic mass is 32.2. The van der Waals surface area contributed by atoms with E-state index in [0.717, 1.165) is 51.4 Å². The highest BCUT2D eigenvalue weighted by Crippen LogP contribution is 2.60. The first-order chi connectivity index (χ1) is 18.7. The summed E-state index contributed by atoms with van der Waals surface area (Å²) in [6.07, 6.45) is 9.16. The van der Waals surface area contributed by atoms with Gasteiger partial charge in [0.1, 0.15) is 5.25 Å². The lowest BCUT2D eigenvalue weighted by molar-refractivity contribution is 0.0596. The van der Waals surface area contributed by atoms with Crippen molar-refractivity contribution in [3.8, 4) is 0 Å². The molecule has 5 nitrogen and oxygen atoms in total. The Labute approximate surface area is 250 Å². The predicted molar refractivity (Wildman–Crippen MR) is 168 cm³/mol. The Kier molecular flexibility index (Phi) is 9.30. The summed E-state index contributed by atoms with van der Waals surface area (Å²) in [6, 6.07) is 0. The summed E-state index contributed by atoms with van der Waals surface area (Å²) in [7, 11) is -6.28. The molecule has 4 rings (SSSR count). The molecule has 0 aromatic carbocycles. The van der Waals surface area contributed by atoms with Gasteiger partial charge in [-0.15, -0.1) is 0 Å². The van der Waals surface area contributed by atoms with Crippen LogP contribution < -0.4 is 0 Å². The summed E-state index contributed by atoms with van der Waals surface area (Å²) in [6.45, 7) is 19.3. The van der Waals surface area contributed by atoms with E-state index in [9.17, 15) is 18.6 Å². The lowest BCUT2D eigenvalue weighted by Gasteiger charge is -2.45. The zero-order chi connectivity index (χ0) is 30.8. The van der Waals surface area contributed by atoms with Gasteiger partial charge < -0.3 is 14.6 Å². The second-order valence-corrected chi connectivity index (χ2v) is 23.1. The Balaban J connectivity index is 1.59. The highest BCUT2D eigenvalue weighted by molar-refractivity contribution is 7.93. The Bertz CT molecular complexity index is 1150. The van der Waals surface area contributed by atoms with E-state index in [-0.39, 0.29) is 28.6 Å². The zero-order valence-electron chi connectivity index (χ0n) is 27.1. The van der Waals surface area contributed by atoms with Gasteiger partial charge in [0, 0.05) is 12.0 Å². The third-order valence-corrected chi connectivity index (χ3v) is 18.2. The molecule has 0 radical (unpaired) electrons. The van der Waals surface area contributed by atoms with Crippen LogP contribution in [0.25, 0.3) is 0 Å². The molecule has 2 saturated carbocycles. The van der Waals surface area contributed by atoms with Crippen LogP contribution in [-0.2, 0) is 14.3 Å². The topological polar surface area (TPSA) is 83.8 Å². The second-order valence-electron chi connectivity index (χ2n) is 16.3. The van der Waals surface area contributed by atoms with Crippen molar-refractivity contribution in [2.24, 2.45) is 23.2 Å². The largest absolute Gasteiger partial charge is 0.414 e. The van der Waals surface area contributed by atoms with Gasteiger partial charge in [0.25, 0.3) is 0 Å².